The molecule has 3 aromatic rings. The summed E-state index contributed by atoms with van der Waals surface area (Å²) in [5.41, 5.74) is 3.65. The van der Waals surface area contributed by atoms with Gasteiger partial charge in [-0.05, 0) is 63.6 Å². The second-order valence-corrected chi connectivity index (χ2v) is 10.6. The number of aromatic nitrogens is 1. The Morgan fingerprint density at radius 1 is 1.12 bits per heavy atom. The van der Waals surface area contributed by atoms with E-state index in [2.05, 4.69) is 10.3 Å². The van der Waals surface area contributed by atoms with Crippen molar-refractivity contribution in [2.45, 2.75) is 45.1 Å². The summed E-state index contributed by atoms with van der Waals surface area (Å²) in [6.07, 6.45) is -1.55. The lowest BCUT2D eigenvalue weighted by Crippen LogP contribution is -2.30. The molecule has 9 nitrogen and oxygen atoms in total. The molecule has 2 aromatic carbocycles. The molecule has 0 aliphatic carbocycles. The maximum atomic E-state index is 14.4. The van der Waals surface area contributed by atoms with E-state index in [4.69, 9.17) is 31.5 Å². The fraction of sp³-hybridized carbons (Fsp3) is 0.345. The zero-order valence-electron chi connectivity index (χ0n) is 23.4. The lowest BCUT2D eigenvalue weighted by atomic mass is 9.88. The van der Waals surface area contributed by atoms with Crippen LogP contribution in [0.1, 0.15) is 49.0 Å². The third-order valence-electron chi connectivity index (χ3n) is 6.00. The average molecular weight is 610 g/mol. The Kier molecular flexibility index (Phi) is 10.6. The summed E-state index contributed by atoms with van der Waals surface area (Å²) in [5.74, 6) is -3.83. The average Bonchev–Trinajstić information content (AvgIpc) is 2.89. The number of aromatic amines is 1. The molecule has 3 rings (SSSR count). The van der Waals surface area contributed by atoms with E-state index in [0.29, 0.717) is 0 Å². The molecule has 13 heteroatoms. The van der Waals surface area contributed by atoms with Gasteiger partial charge in [-0.25, -0.2) is 13.2 Å². The first kappa shape index (κ1) is 32.5. The van der Waals surface area contributed by atoms with E-state index in [9.17, 15) is 27.6 Å². The number of ether oxygens (including phenoxy) is 3. The van der Waals surface area contributed by atoms with Crippen LogP contribution in [0.25, 0.3) is 11.1 Å². The van der Waals surface area contributed by atoms with Gasteiger partial charge in [0.15, 0.2) is 0 Å². The van der Waals surface area contributed by atoms with E-state index >= 15 is 0 Å². The molecule has 4 N–H and O–H groups in total. The van der Waals surface area contributed by atoms with Gasteiger partial charge in [-0.2, -0.15) is 0 Å². The largest absolute Gasteiger partial charge is 0.495 e. The van der Waals surface area contributed by atoms with Gasteiger partial charge in [0.05, 0.1) is 24.2 Å². The number of carbonyl (C=O) groups excluding carboxylic acids is 2. The van der Waals surface area contributed by atoms with Crippen LogP contribution in [0.15, 0.2) is 47.4 Å². The molecule has 0 saturated heterocycles. The van der Waals surface area contributed by atoms with Crippen molar-refractivity contribution < 1.29 is 37.0 Å². The first-order valence-electron chi connectivity index (χ1n) is 12.8. The Bertz CT molecular complexity index is 1510. The number of halogens is 4. The number of primary amides is 1. The van der Waals surface area contributed by atoms with Crippen LogP contribution in [-0.4, -0.2) is 49.1 Å². The Hall–Kier alpha value is -4.03. The smallest absolute Gasteiger partial charge is 0.272 e. The molecular weight excluding hydrogens is 579 g/mol. The van der Waals surface area contributed by atoms with Gasteiger partial charge in [0.2, 0.25) is 5.91 Å². The summed E-state index contributed by atoms with van der Waals surface area (Å²) in [7, 11) is 1.33. The van der Waals surface area contributed by atoms with Crippen LogP contribution in [-0.2, 0) is 9.53 Å². The van der Waals surface area contributed by atoms with E-state index < -0.39 is 47.7 Å². The summed E-state index contributed by atoms with van der Waals surface area (Å²) in [4.78, 5) is 41.2. The number of rotatable bonds is 12. The lowest BCUT2D eigenvalue weighted by Gasteiger charge is -2.25. The molecule has 1 unspecified atom stereocenters. The highest BCUT2D eigenvalue weighted by Gasteiger charge is 2.31. The van der Waals surface area contributed by atoms with Gasteiger partial charge in [0, 0.05) is 40.2 Å². The molecule has 0 fully saturated rings. The number of pyridine rings is 1. The second kappa shape index (κ2) is 13.8. The van der Waals surface area contributed by atoms with E-state index in [1.807, 2.05) is 20.8 Å². The molecule has 0 aliphatic heterocycles. The number of nitrogens with two attached hydrogens (primary N) is 1. The molecule has 226 valence electrons. The minimum absolute atomic E-state index is 0.00572. The first-order chi connectivity index (χ1) is 19.7. The molecule has 1 aromatic heterocycles. The molecule has 0 aliphatic rings. The summed E-state index contributed by atoms with van der Waals surface area (Å²) in [6, 6.07) is 7.52. The van der Waals surface area contributed by atoms with Crippen molar-refractivity contribution >= 4 is 29.1 Å². The van der Waals surface area contributed by atoms with Crippen molar-refractivity contribution in [3.8, 4) is 22.6 Å². The van der Waals surface area contributed by atoms with Gasteiger partial charge in [-0.15, -0.1) is 0 Å². The van der Waals surface area contributed by atoms with Crippen LogP contribution in [0.5, 0.6) is 11.5 Å². The number of nitrogens with one attached hydrogen (secondary N) is 2. The van der Waals surface area contributed by atoms with Crippen LogP contribution in [0.3, 0.4) is 0 Å². The van der Waals surface area contributed by atoms with Gasteiger partial charge in [-0.3, -0.25) is 14.4 Å². The maximum absolute atomic E-state index is 14.4. The zero-order valence-corrected chi connectivity index (χ0v) is 24.1. The predicted octanol–water partition coefficient (Wildman–Crippen LogP) is 5.51. The van der Waals surface area contributed by atoms with Gasteiger partial charge in [0.1, 0.15) is 23.9 Å². The van der Waals surface area contributed by atoms with Crippen molar-refractivity contribution in [2.75, 3.05) is 25.6 Å². The lowest BCUT2D eigenvalue weighted by molar-refractivity contribution is -0.118. The Morgan fingerprint density at radius 2 is 1.83 bits per heavy atom. The molecule has 0 spiro atoms. The summed E-state index contributed by atoms with van der Waals surface area (Å²) < 4.78 is 57.2. The zero-order chi connectivity index (χ0) is 31.2. The number of hydrogen-bond acceptors (Lipinski definition) is 6. The molecule has 0 saturated carbocycles. The SMILES string of the molecule is COc1c[nH]c(=O)c(C(CCOC(C)(C)C)C(=O)Nc2ccc(C(N)=O)c(F)c2)c1-c1cc(Cl)ccc1OCC(F)F. The second-order valence-electron chi connectivity index (χ2n) is 10.2. The Labute approximate surface area is 245 Å². The molecular formula is C29H31ClF3N3O6. The van der Waals surface area contributed by atoms with Crippen LogP contribution >= 0.6 is 11.6 Å². The maximum Gasteiger partial charge on any atom is 0.272 e. The first-order valence-corrected chi connectivity index (χ1v) is 13.1. The normalized spacial score (nSPS) is 12.2. The molecule has 0 bridgehead atoms. The number of H-pyrrole nitrogens is 1. The van der Waals surface area contributed by atoms with Crippen LogP contribution in [0.2, 0.25) is 5.02 Å². The van der Waals surface area contributed by atoms with Crippen LogP contribution in [0, 0.1) is 5.82 Å². The molecule has 2 amide bonds. The van der Waals surface area contributed by atoms with Gasteiger partial charge in [0.25, 0.3) is 17.9 Å². The highest BCUT2D eigenvalue weighted by Crippen LogP contribution is 2.42. The minimum atomic E-state index is -2.79. The quantitative estimate of drug-likeness (QED) is 0.248. The van der Waals surface area contributed by atoms with E-state index in [0.717, 1.165) is 12.1 Å². The number of amides is 2. The van der Waals surface area contributed by atoms with Crippen molar-refractivity contribution in [3.63, 3.8) is 0 Å². The van der Waals surface area contributed by atoms with E-state index in [-0.39, 0.29) is 57.5 Å². The van der Waals surface area contributed by atoms with Gasteiger partial charge >= 0.3 is 0 Å². The van der Waals surface area contributed by atoms with E-state index in [1.54, 1.807) is 0 Å². The van der Waals surface area contributed by atoms with Gasteiger partial charge < -0.3 is 30.2 Å². The number of anilines is 1. The van der Waals surface area contributed by atoms with Crippen LogP contribution < -0.4 is 26.1 Å². The fourth-order valence-corrected chi connectivity index (χ4v) is 4.36. The topological polar surface area (TPSA) is 133 Å². The number of carbonyl (C=O) groups is 2. The van der Waals surface area contributed by atoms with Crippen molar-refractivity contribution in [1.29, 1.82) is 0 Å². The minimum Gasteiger partial charge on any atom is -0.495 e. The third-order valence-corrected chi connectivity index (χ3v) is 6.23. The molecule has 1 atom stereocenters. The molecule has 1 heterocycles. The van der Waals surface area contributed by atoms with Crippen molar-refractivity contribution in [1.82, 2.24) is 4.98 Å². The highest BCUT2D eigenvalue weighted by atomic mass is 35.5. The monoisotopic (exact) mass is 609 g/mol. The highest BCUT2D eigenvalue weighted by molar-refractivity contribution is 6.31. The number of alkyl halides is 2. The van der Waals surface area contributed by atoms with Gasteiger partial charge in [-0.1, -0.05) is 11.6 Å². The van der Waals surface area contributed by atoms with Crippen LogP contribution in [0.4, 0.5) is 18.9 Å². The summed E-state index contributed by atoms with van der Waals surface area (Å²) >= 11 is 6.25. The fourth-order valence-electron chi connectivity index (χ4n) is 4.19. The van der Waals surface area contributed by atoms with Crippen molar-refractivity contribution in [2.24, 2.45) is 5.73 Å². The number of hydrogen-bond donors (Lipinski definition) is 3. The number of benzene rings is 2. The number of methoxy groups -OCH3 is 1. The summed E-state index contributed by atoms with van der Waals surface area (Å²) in [5, 5.41) is 2.77. The summed E-state index contributed by atoms with van der Waals surface area (Å²) in [6.45, 7) is 4.52. The predicted molar refractivity (Wildman–Crippen MR) is 152 cm³/mol. The van der Waals surface area contributed by atoms with Crippen molar-refractivity contribution in [3.05, 3.63) is 74.9 Å². The van der Waals surface area contributed by atoms with E-state index in [1.165, 1.54) is 37.6 Å². The molecule has 42 heavy (non-hydrogen) atoms. The Morgan fingerprint density at radius 3 is 2.43 bits per heavy atom. The standard InChI is InChI=1S/C29H31ClF3N3O6/c1-29(2,3)42-10-9-18(27(38)36-16-6-7-17(26(34)37)20(31)12-16)25-24(22(40-4)13-35-28(25)39)19-11-15(30)5-8-21(19)41-14-23(32)33/h5-8,11-13,18,23H,9-10,14H2,1-4H3,(H2,34,37)(H,35,39)(H,36,38). The Balaban J connectivity index is 2.19. The molecule has 0 radical (unpaired) electrons. The third kappa shape index (κ3) is 8.26.